The fourth-order valence-electron chi connectivity index (χ4n) is 2.24. The Morgan fingerprint density at radius 1 is 1.29 bits per heavy atom. The van der Waals surface area contributed by atoms with Gasteiger partial charge in [0.2, 0.25) is 0 Å². The van der Waals surface area contributed by atoms with Gasteiger partial charge in [0.25, 0.3) is 0 Å². The number of rotatable bonds is 3. The van der Waals surface area contributed by atoms with Crippen molar-refractivity contribution in [3.63, 3.8) is 0 Å². The summed E-state index contributed by atoms with van der Waals surface area (Å²) >= 11 is 0. The summed E-state index contributed by atoms with van der Waals surface area (Å²) in [7, 11) is 0. The molecule has 0 atom stereocenters. The van der Waals surface area contributed by atoms with Crippen LogP contribution in [-0.4, -0.2) is 30.1 Å². The molecule has 0 radical (unpaired) electrons. The van der Waals surface area contributed by atoms with E-state index in [0.29, 0.717) is 0 Å². The minimum atomic E-state index is -1.16. The van der Waals surface area contributed by atoms with Crippen molar-refractivity contribution in [2.24, 2.45) is 0 Å². The van der Waals surface area contributed by atoms with E-state index in [2.05, 4.69) is 22.3 Å². The predicted octanol–water partition coefficient (Wildman–Crippen LogP) is 0.584. The summed E-state index contributed by atoms with van der Waals surface area (Å²) in [5.74, 6) is 0. The van der Waals surface area contributed by atoms with Crippen molar-refractivity contribution in [1.29, 1.82) is 0 Å². The van der Waals surface area contributed by atoms with Gasteiger partial charge in [-0.25, -0.2) is 0 Å². The molecule has 0 aliphatic carbocycles. The predicted molar refractivity (Wildman–Crippen MR) is 63.3 cm³/mol. The average molecular weight is 233 g/mol. The third-order valence-corrected chi connectivity index (χ3v) is 3.16. The molecule has 0 aromatic heterocycles. The van der Waals surface area contributed by atoms with E-state index in [9.17, 15) is 9.90 Å². The summed E-state index contributed by atoms with van der Waals surface area (Å²) < 4.78 is 0. The molecule has 4 heteroatoms. The number of carboxylic acid groups (broad SMARTS) is 1. The standard InChI is InChI=1S/C13H18N2O2/c16-13(17)14-12-6-8-15(9-7-12)10-11-4-2-1-3-5-11/h1-5,12,14H,6-10H2,(H,16,17)/p-1. The van der Waals surface area contributed by atoms with Gasteiger partial charge in [-0.1, -0.05) is 30.3 Å². The number of carbonyl (C=O) groups excluding carboxylic acids is 1. The zero-order valence-electron chi connectivity index (χ0n) is 9.76. The van der Waals surface area contributed by atoms with Crippen LogP contribution in [0.1, 0.15) is 18.4 Å². The molecule has 1 aliphatic heterocycles. The van der Waals surface area contributed by atoms with Crippen LogP contribution in [0.25, 0.3) is 0 Å². The van der Waals surface area contributed by atoms with Gasteiger partial charge in [0.05, 0.1) is 0 Å². The van der Waals surface area contributed by atoms with E-state index in [1.54, 1.807) is 0 Å². The maximum absolute atomic E-state index is 10.4. The normalized spacial score (nSPS) is 17.9. The van der Waals surface area contributed by atoms with E-state index in [0.717, 1.165) is 32.5 Å². The van der Waals surface area contributed by atoms with E-state index < -0.39 is 6.09 Å². The summed E-state index contributed by atoms with van der Waals surface area (Å²) in [6, 6.07) is 10.4. The Bertz CT molecular complexity index is 359. The minimum absolute atomic E-state index is 0.0621. The second-order valence-electron chi connectivity index (χ2n) is 4.47. The lowest BCUT2D eigenvalue weighted by Gasteiger charge is -2.32. The van der Waals surface area contributed by atoms with Gasteiger partial charge in [0.1, 0.15) is 6.09 Å². The third-order valence-electron chi connectivity index (χ3n) is 3.16. The summed E-state index contributed by atoms with van der Waals surface area (Å²) in [6.07, 6.45) is 0.563. The van der Waals surface area contributed by atoms with Crippen molar-refractivity contribution in [3.05, 3.63) is 35.9 Å². The van der Waals surface area contributed by atoms with E-state index in [-0.39, 0.29) is 6.04 Å². The van der Waals surface area contributed by atoms with E-state index in [1.807, 2.05) is 18.2 Å². The van der Waals surface area contributed by atoms with Crippen molar-refractivity contribution < 1.29 is 9.90 Å². The van der Waals surface area contributed by atoms with Crippen LogP contribution in [0, 0.1) is 0 Å². The molecule has 1 aromatic carbocycles. The second-order valence-corrected chi connectivity index (χ2v) is 4.47. The van der Waals surface area contributed by atoms with Crippen LogP contribution >= 0.6 is 0 Å². The van der Waals surface area contributed by atoms with Crippen molar-refractivity contribution in [3.8, 4) is 0 Å². The largest absolute Gasteiger partial charge is 0.530 e. The van der Waals surface area contributed by atoms with Crippen LogP contribution < -0.4 is 10.4 Å². The van der Waals surface area contributed by atoms with Gasteiger partial charge in [0, 0.05) is 25.7 Å². The highest BCUT2D eigenvalue weighted by molar-refractivity contribution is 5.62. The Hall–Kier alpha value is -1.55. The lowest BCUT2D eigenvalue weighted by molar-refractivity contribution is -0.251. The number of piperidine rings is 1. The number of amides is 1. The molecule has 1 N–H and O–H groups in total. The van der Waals surface area contributed by atoms with E-state index >= 15 is 0 Å². The molecule has 1 saturated heterocycles. The molecule has 0 saturated carbocycles. The summed E-state index contributed by atoms with van der Waals surface area (Å²) in [4.78, 5) is 12.8. The maximum Gasteiger partial charge on any atom is 0.134 e. The molecule has 92 valence electrons. The van der Waals surface area contributed by atoms with Gasteiger partial charge < -0.3 is 15.2 Å². The quantitative estimate of drug-likeness (QED) is 0.831. The number of nitrogens with zero attached hydrogens (tertiary/aromatic N) is 1. The van der Waals surface area contributed by atoms with Crippen molar-refractivity contribution >= 4 is 6.09 Å². The van der Waals surface area contributed by atoms with Gasteiger partial charge in [-0.3, -0.25) is 4.90 Å². The molecule has 4 nitrogen and oxygen atoms in total. The average Bonchev–Trinajstić information content (AvgIpc) is 2.32. The van der Waals surface area contributed by atoms with Crippen LogP contribution in [-0.2, 0) is 6.54 Å². The van der Waals surface area contributed by atoms with Gasteiger partial charge in [-0.05, 0) is 18.4 Å². The Balaban J connectivity index is 1.78. The van der Waals surface area contributed by atoms with E-state index in [4.69, 9.17) is 0 Å². The number of carbonyl (C=O) groups is 1. The molecule has 1 aliphatic rings. The van der Waals surface area contributed by atoms with Crippen LogP contribution in [0.15, 0.2) is 30.3 Å². The number of likely N-dealkylation sites (tertiary alicyclic amines) is 1. The molecule has 1 amide bonds. The molecule has 0 unspecified atom stereocenters. The molecule has 0 bridgehead atoms. The summed E-state index contributed by atoms with van der Waals surface area (Å²) in [6.45, 7) is 2.80. The Labute approximate surface area is 101 Å². The fraction of sp³-hybridized carbons (Fsp3) is 0.462. The van der Waals surface area contributed by atoms with Crippen LogP contribution in [0.3, 0.4) is 0 Å². The minimum Gasteiger partial charge on any atom is -0.530 e. The van der Waals surface area contributed by atoms with Crippen LogP contribution in [0.5, 0.6) is 0 Å². The highest BCUT2D eigenvalue weighted by Crippen LogP contribution is 2.13. The first-order valence-electron chi connectivity index (χ1n) is 5.98. The van der Waals surface area contributed by atoms with Crippen LogP contribution in [0.4, 0.5) is 4.79 Å². The number of hydrogen-bond acceptors (Lipinski definition) is 3. The molecular weight excluding hydrogens is 216 g/mol. The Kier molecular flexibility index (Phi) is 3.98. The summed E-state index contributed by atoms with van der Waals surface area (Å²) in [5.41, 5.74) is 1.30. The zero-order valence-corrected chi connectivity index (χ0v) is 9.76. The Morgan fingerprint density at radius 3 is 2.53 bits per heavy atom. The first-order chi connectivity index (χ1) is 8.24. The van der Waals surface area contributed by atoms with Crippen molar-refractivity contribution in [2.75, 3.05) is 13.1 Å². The van der Waals surface area contributed by atoms with Gasteiger partial charge in [0.15, 0.2) is 0 Å². The van der Waals surface area contributed by atoms with Gasteiger partial charge in [-0.15, -0.1) is 0 Å². The van der Waals surface area contributed by atoms with E-state index in [1.165, 1.54) is 5.56 Å². The SMILES string of the molecule is O=C([O-])NC1CCN(Cc2ccccc2)CC1. The molecular formula is C13H17N2O2-. The first kappa shape index (κ1) is 11.9. The molecule has 1 aromatic rings. The lowest BCUT2D eigenvalue weighted by Crippen LogP contribution is -2.48. The maximum atomic E-state index is 10.4. The molecule has 2 rings (SSSR count). The zero-order chi connectivity index (χ0) is 12.1. The topological polar surface area (TPSA) is 55.4 Å². The summed E-state index contributed by atoms with van der Waals surface area (Å²) in [5, 5.41) is 12.8. The Morgan fingerprint density at radius 2 is 1.94 bits per heavy atom. The fourth-order valence-corrected chi connectivity index (χ4v) is 2.24. The lowest BCUT2D eigenvalue weighted by atomic mass is 10.0. The van der Waals surface area contributed by atoms with Crippen molar-refractivity contribution in [2.45, 2.75) is 25.4 Å². The first-order valence-corrected chi connectivity index (χ1v) is 5.98. The number of hydrogen-bond donors (Lipinski definition) is 1. The molecule has 0 spiro atoms. The van der Waals surface area contributed by atoms with Crippen LogP contribution in [0.2, 0.25) is 0 Å². The number of benzene rings is 1. The molecule has 1 heterocycles. The number of nitrogens with one attached hydrogen (secondary N) is 1. The van der Waals surface area contributed by atoms with Gasteiger partial charge in [-0.2, -0.15) is 0 Å². The highest BCUT2D eigenvalue weighted by Gasteiger charge is 2.18. The smallest absolute Gasteiger partial charge is 0.134 e. The van der Waals surface area contributed by atoms with Gasteiger partial charge >= 0.3 is 0 Å². The second kappa shape index (κ2) is 5.68. The van der Waals surface area contributed by atoms with Crippen molar-refractivity contribution in [1.82, 2.24) is 10.2 Å². The highest BCUT2D eigenvalue weighted by atomic mass is 16.4. The molecule has 1 fully saturated rings. The third kappa shape index (κ3) is 3.75. The molecule has 17 heavy (non-hydrogen) atoms. The monoisotopic (exact) mass is 233 g/mol.